The predicted octanol–water partition coefficient (Wildman–Crippen LogP) is 3.35. The molecule has 0 bridgehead atoms. The van der Waals surface area contributed by atoms with Crippen LogP contribution in [0.3, 0.4) is 0 Å². The van der Waals surface area contributed by atoms with Gasteiger partial charge in [-0.1, -0.05) is 81.4 Å². The van der Waals surface area contributed by atoms with Crippen LogP contribution in [-0.2, 0) is 13.9 Å². The molecule has 0 saturated carbocycles. The topological polar surface area (TPSA) is 39.7 Å². The molecule has 0 amide bonds. The van der Waals surface area contributed by atoms with Crippen LogP contribution in [0.25, 0.3) is 0 Å². The molecule has 5 heteroatoms. The maximum absolute atomic E-state index is 6.83. The molecule has 2 aromatic rings. The molecule has 0 unspecified atom stereocenters. The Hall–Kier alpha value is -1.50. The van der Waals surface area contributed by atoms with Gasteiger partial charge in [-0.2, -0.15) is 0 Å². The summed E-state index contributed by atoms with van der Waals surface area (Å²) in [4.78, 5) is 0. The van der Waals surface area contributed by atoms with Crippen molar-refractivity contribution in [2.45, 2.75) is 44.8 Å². The van der Waals surface area contributed by atoms with Crippen LogP contribution in [0.5, 0.6) is 0 Å². The van der Waals surface area contributed by atoms with E-state index in [1.807, 2.05) is 0 Å². The molecule has 1 aliphatic heterocycles. The normalized spacial score (nSPS) is 16.0. The molecule has 0 aromatic heterocycles. The summed E-state index contributed by atoms with van der Waals surface area (Å²) in [5.41, 5.74) is 0. The molecule has 0 radical (unpaired) electrons. The summed E-state index contributed by atoms with van der Waals surface area (Å²) in [7, 11) is -2.46. The van der Waals surface area contributed by atoms with Crippen molar-refractivity contribution < 1.29 is 13.9 Å². The number of ether oxygens (including phenoxy) is 2. The molecule has 1 heterocycles. The summed E-state index contributed by atoms with van der Waals surface area (Å²) in [6.45, 7) is 11.4. The number of rotatable bonds is 10. The van der Waals surface area contributed by atoms with Crippen molar-refractivity contribution in [1.29, 1.82) is 0 Å². The van der Waals surface area contributed by atoms with Gasteiger partial charge in [0, 0.05) is 0 Å². The SMILES string of the molecule is CC(C)(C)[Si](OCCOCCOC1CCNCC1)(c1ccccc1)c1ccccc1. The summed E-state index contributed by atoms with van der Waals surface area (Å²) in [6.07, 6.45) is 2.57. The maximum atomic E-state index is 6.83. The summed E-state index contributed by atoms with van der Waals surface area (Å²) in [5.74, 6) is 0. The first-order valence-corrected chi connectivity index (χ1v) is 13.1. The first-order valence-electron chi connectivity index (χ1n) is 11.2. The zero-order valence-corrected chi connectivity index (χ0v) is 19.7. The van der Waals surface area contributed by atoms with Crippen molar-refractivity contribution in [3.8, 4) is 0 Å². The summed E-state index contributed by atoms with van der Waals surface area (Å²) < 4.78 is 18.6. The lowest BCUT2D eigenvalue weighted by Crippen LogP contribution is -2.66. The average molecular weight is 428 g/mol. The van der Waals surface area contributed by atoms with Gasteiger partial charge >= 0.3 is 0 Å². The van der Waals surface area contributed by atoms with Crippen molar-refractivity contribution in [2.75, 3.05) is 39.5 Å². The first kappa shape index (κ1) is 23.2. The second-order valence-corrected chi connectivity index (χ2v) is 13.2. The molecule has 30 heavy (non-hydrogen) atoms. The van der Waals surface area contributed by atoms with Crippen LogP contribution >= 0.6 is 0 Å². The Kier molecular flexibility index (Phi) is 8.66. The largest absolute Gasteiger partial charge is 0.405 e. The van der Waals surface area contributed by atoms with E-state index < -0.39 is 8.32 Å². The van der Waals surface area contributed by atoms with Gasteiger partial charge in [-0.25, -0.2) is 0 Å². The zero-order chi connectivity index (χ0) is 21.3. The van der Waals surface area contributed by atoms with E-state index in [0.29, 0.717) is 32.5 Å². The van der Waals surface area contributed by atoms with Gasteiger partial charge in [-0.3, -0.25) is 0 Å². The van der Waals surface area contributed by atoms with Crippen LogP contribution < -0.4 is 15.7 Å². The summed E-state index contributed by atoms with van der Waals surface area (Å²) in [6, 6.07) is 21.5. The summed E-state index contributed by atoms with van der Waals surface area (Å²) >= 11 is 0. The van der Waals surface area contributed by atoms with Gasteiger partial charge < -0.3 is 19.2 Å². The van der Waals surface area contributed by atoms with Gasteiger partial charge in [0.05, 0.1) is 32.5 Å². The van der Waals surface area contributed by atoms with E-state index in [-0.39, 0.29) is 5.04 Å². The molecule has 0 aliphatic carbocycles. The van der Waals surface area contributed by atoms with Crippen LogP contribution in [0.2, 0.25) is 5.04 Å². The van der Waals surface area contributed by atoms with Gasteiger partial charge in [0.25, 0.3) is 8.32 Å². The molecule has 0 spiro atoms. The second-order valence-electron chi connectivity index (χ2n) is 8.94. The Morgan fingerprint density at radius 1 is 0.800 bits per heavy atom. The van der Waals surface area contributed by atoms with E-state index in [1.54, 1.807) is 0 Å². The lowest BCUT2D eigenvalue weighted by atomic mass is 10.1. The fraction of sp³-hybridized carbons (Fsp3) is 0.520. The molecule has 2 aromatic carbocycles. The van der Waals surface area contributed by atoms with E-state index in [4.69, 9.17) is 13.9 Å². The Balaban J connectivity index is 1.60. The monoisotopic (exact) mass is 427 g/mol. The van der Waals surface area contributed by atoms with E-state index in [0.717, 1.165) is 25.9 Å². The smallest absolute Gasteiger partial charge is 0.261 e. The number of benzene rings is 2. The maximum Gasteiger partial charge on any atom is 0.261 e. The Morgan fingerprint density at radius 2 is 1.33 bits per heavy atom. The average Bonchev–Trinajstić information content (AvgIpc) is 2.77. The minimum absolute atomic E-state index is 0.00612. The molecule has 1 fully saturated rings. The highest BCUT2D eigenvalue weighted by Crippen LogP contribution is 2.36. The molecular formula is C25H37NO3Si. The minimum atomic E-state index is -2.46. The highest BCUT2D eigenvalue weighted by Gasteiger charge is 2.49. The molecule has 164 valence electrons. The third-order valence-corrected chi connectivity index (χ3v) is 10.9. The Morgan fingerprint density at radius 3 is 1.87 bits per heavy atom. The van der Waals surface area contributed by atoms with Crippen LogP contribution in [0.1, 0.15) is 33.6 Å². The minimum Gasteiger partial charge on any atom is -0.405 e. The highest BCUT2D eigenvalue weighted by molar-refractivity contribution is 6.99. The molecule has 0 atom stereocenters. The van der Waals surface area contributed by atoms with Crippen LogP contribution in [0, 0.1) is 0 Å². The van der Waals surface area contributed by atoms with Crippen LogP contribution in [0.15, 0.2) is 60.7 Å². The van der Waals surface area contributed by atoms with Crippen molar-refractivity contribution in [2.24, 2.45) is 0 Å². The lowest BCUT2D eigenvalue weighted by Gasteiger charge is -2.43. The lowest BCUT2D eigenvalue weighted by molar-refractivity contribution is -0.0119. The van der Waals surface area contributed by atoms with Crippen LogP contribution in [-0.4, -0.2) is 53.9 Å². The van der Waals surface area contributed by atoms with E-state index >= 15 is 0 Å². The molecule has 3 rings (SSSR count). The van der Waals surface area contributed by atoms with Gasteiger partial charge in [0.2, 0.25) is 0 Å². The second kappa shape index (κ2) is 11.2. The fourth-order valence-electron chi connectivity index (χ4n) is 4.35. The van der Waals surface area contributed by atoms with Gasteiger partial charge in [0.15, 0.2) is 0 Å². The number of nitrogens with one attached hydrogen (secondary N) is 1. The van der Waals surface area contributed by atoms with Crippen molar-refractivity contribution in [3.63, 3.8) is 0 Å². The third-order valence-electron chi connectivity index (χ3n) is 5.83. The molecule has 1 N–H and O–H groups in total. The number of hydrogen-bond acceptors (Lipinski definition) is 4. The standard InChI is InChI=1S/C25H37NO3Si/c1-25(2,3)30(23-10-6-4-7-11-23,24-12-8-5-9-13-24)29-21-19-27-18-20-28-22-14-16-26-17-15-22/h4-13,22,26H,14-21H2,1-3H3. The first-order chi connectivity index (χ1) is 14.5. The Labute approximate surface area is 183 Å². The molecule has 4 nitrogen and oxygen atoms in total. The molecular weight excluding hydrogens is 390 g/mol. The van der Waals surface area contributed by atoms with Gasteiger partial charge in [0.1, 0.15) is 0 Å². The quantitative estimate of drug-likeness (QED) is 0.466. The third kappa shape index (κ3) is 5.80. The predicted molar refractivity (Wildman–Crippen MR) is 126 cm³/mol. The zero-order valence-electron chi connectivity index (χ0n) is 18.7. The number of hydrogen-bond donors (Lipinski definition) is 1. The van der Waals surface area contributed by atoms with E-state index in [1.165, 1.54) is 10.4 Å². The Bertz CT molecular complexity index is 688. The van der Waals surface area contributed by atoms with Gasteiger partial charge in [-0.05, 0) is 41.3 Å². The van der Waals surface area contributed by atoms with Crippen molar-refractivity contribution in [1.82, 2.24) is 5.32 Å². The number of piperidine rings is 1. The van der Waals surface area contributed by atoms with Crippen molar-refractivity contribution >= 4 is 18.7 Å². The molecule has 1 aliphatic rings. The highest BCUT2D eigenvalue weighted by atomic mass is 28.4. The fourth-order valence-corrected chi connectivity index (χ4v) is 8.90. The van der Waals surface area contributed by atoms with E-state index in [2.05, 4.69) is 86.8 Å². The van der Waals surface area contributed by atoms with E-state index in [9.17, 15) is 0 Å². The summed E-state index contributed by atoms with van der Waals surface area (Å²) in [5, 5.41) is 5.96. The van der Waals surface area contributed by atoms with Gasteiger partial charge in [-0.15, -0.1) is 0 Å². The molecule has 1 saturated heterocycles. The van der Waals surface area contributed by atoms with Crippen molar-refractivity contribution in [3.05, 3.63) is 60.7 Å². The van der Waals surface area contributed by atoms with Crippen LogP contribution in [0.4, 0.5) is 0 Å².